The van der Waals surface area contributed by atoms with E-state index in [0.29, 0.717) is 5.56 Å². The molecule has 9 nitrogen and oxygen atoms in total. The molecular formula is C26H32N2O7S. The highest BCUT2D eigenvalue weighted by Crippen LogP contribution is 2.32. The number of aryl methyl sites for hydroxylation is 1. The van der Waals surface area contributed by atoms with Crippen molar-refractivity contribution in [2.75, 3.05) is 6.61 Å². The zero-order chi connectivity index (χ0) is 27.0. The molecule has 10 heteroatoms. The fourth-order valence-electron chi connectivity index (χ4n) is 3.96. The topological polar surface area (TPSA) is 117 Å². The Morgan fingerprint density at radius 1 is 1.08 bits per heavy atom. The first-order valence-electron chi connectivity index (χ1n) is 11.6. The maximum Gasteiger partial charge on any atom is 0.348 e. The SMILES string of the molecule is CCOC(=O)c1sc2c(c1C)c(=O)n(C(C)(C)C(=O)O)c(=O)n2CC(OC(C)(C)C)c1ccccc1. The number of thiophene rings is 1. The van der Waals surface area contributed by atoms with E-state index in [4.69, 9.17) is 9.47 Å². The smallest absolute Gasteiger partial charge is 0.348 e. The standard InChI is InChI=1S/C26H32N2O7S/c1-8-34-22(30)19-15(2)18-20(29)28(26(6,7)23(31)32)24(33)27(21(18)36-19)14-17(35-25(3,4)5)16-12-10-9-11-13-16/h9-13,17H,8,14H2,1-7H3,(H,31,32). The molecule has 0 aliphatic rings. The number of fused-ring (bicyclic) bond motifs is 1. The van der Waals surface area contributed by atoms with Gasteiger partial charge in [-0.25, -0.2) is 19.0 Å². The molecule has 0 aliphatic heterocycles. The van der Waals surface area contributed by atoms with E-state index in [-0.39, 0.29) is 28.2 Å². The number of nitrogens with zero attached hydrogens (tertiary/aromatic N) is 2. The van der Waals surface area contributed by atoms with Gasteiger partial charge in [-0.15, -0.1) is 11.3 Å². The normalized spacial score (nSPS) is 13.1. The third kappa shape index (κ3) is 5.15. The molecule has 36 heavy (non-hydrogen) atoms. The second-order valence-corrected chi connectivity index (χ2v) is 11.0. The lowest BCUT2D eigenvalue weighted by Gasteiger charge is -2.29. The average Bonchev–Trinajstić information content (AvgIpc) is 3.13. The van der Waals surface area contributed by atoms with Crippen molar-refractivity contribution >= 4 is 33.5 Å². The van der Waals surface area contributed by atoms with Crippen LogP contribution in [0.3, 0.4) is 0 Å². The van der Waals surface area contributed by atoms with Gasteiger partial charge in [0.05, 0.1) is 24.1 Å². The summed E-state index contributed by atoms with van der Waals surface area (Å²) in [6.45, 7) is 11.7. The van der Waals surface area contributed by atoms with Gasteiger partial charge in [-0.3, -0.25) is 9.36 Å². The minimum absolute atomic E-state index is 0.00514. The third-order valence-electron chi connectivity index (χ3n) is 5.77. The van der Waals surface area contributed by atoms with Gasteiger partial charge in [-0.1, -0.05) is 30.3 Å². The number of hydrogen-bond donors (Lipinski definition) is 1. The van der Waals surface area contributed by atoms with Crippen molar-refractivity contribution in [1.29, 1.82) is 0 Å². The van der Waals surface area contributed by atoms with Crippen molar-refractivity contribution in [3.63, 3.8) is 0 Å². The number of carboxylic acid groups (broad SMARTS) is 1. The van der Waals surface area contributed by atoms with E-state index in [1.54, 1.807) is 13.8 Å². The van der Waals surface area contributed by atoms with Crippen molar-refractivity contribution in [3.05, 3.63) is 67.2 Å². The summed E-state index contributed by atoms with van der Waals surface area (Å²) in [6.07, 6.45) is -0.598. The van der Waals surface area contributed by atoms with Crippen LogP contribution in [-0.2, 0) is 26.4 Å². The second-order valence-electron chi connectivity index (χ2n) is 9.98. The lowest BCUT2D eigenvalue weighted by Crippen LogP contribution is -2.52. The van der Waals surface area contributed by atoms with E-state index in [1.807, 2.05) is 51.1 Å². The van der Waals surface area contributed by atoms with Crippen LogP contribution in [0.25, 0.3) is 10.2 Å². The highest BCUT2D eigenvalue weighted by molar-refractivity contribution is 7.20. The van der Waals surface area contributed by atoms with Gasteiger partial charge in [0.2, 0.25) is 0 Å². The Morgan fingerprint density at radius 3 is 2.22 bits per heavy atom. The van der Waals surface area contributed by atoms with E-state index in [2.05, 4.69) is 0 Å². The first-order chi connectivity index (χ1) is 16.7. The predicted molar refractivity (Wildman–Crippen MR) is 138 cm³/mol. The van der Waals surface area contributed by atoms with Gasteiger partial charge < -0.3 is 14.6 Å². The number of carbonyl (C=O) groups excluding carboxylic acids is 1. The van der Waals surface area contributed by atoms with Crippen LogP contribution in [0.1, 0.15) is 68.4 Å². The number of carbonyl (C=O) groups is 2. The van der Waals surface area contributed by atoms with Crippen molar-refractivity contribution in [1.82, 2.24) is 9.13 Å². The van der Waals surface area contributed by atoms with Gasteiger partial charge in [0.25, 0.3) is 5.56 Å². The third-order valence-corrected chi connectivity index (χ3v) is 7.07. The van der Waals surface area contributed by atoms with E-state index in [0.717, 1.165) is 21.5 Å². The van der Waals surface area contributed by atoms with E-state index in [1.165, 1.54) is 18.4 Å². The van der Waals surface area contributed by atoms with Crippen molar-refractivity contribution in [2.45, 2.75) is 72.3 Å². The lowest BCUT2D eigenvalue weighted by atomic mass is 10.1. The van der Waals surface area contributed by atoms with Crippen LogP contribution in [0.2, 0.25) is 0 Å². The van der Waals surface area contributed by atoms with Crippen molar-refractivity contribution in [2.24, 2.45) is 0 Å². The van der Waals surface area contributed by atoms with Crippen LogP contribution < -0.4 is 11.2 Å². The molecule has 0 bridgehead atoms. The summed E-state index contributed by atoms with van der Waals surface area (Å²) >= 11 is 0.982. The molecule has 0 spiro atoms. The average molecular weight is 517 g/mol. The van der Waals surface area contributed by atoms with Gasteiger partial charge in [0.15, 0.2) is 0 Å². The van der Waals surface area contributed by atoms with Crippen LogP contribution in [0.5, 0.6) is 0 Å². The number of aliphatic carboxylic acids is 1. The Labute approximate surface area is 212 Å². The Bertz CT molecular complexity index is 1410. The van der Waals surface area contributed by atoms with Crippen LogP contribution in [0, 0.1) is 6.92 Å². The van der Waals surface area contributed by atoms with Crippen molar-refractivity contribution in [3.8, 4) is 0 Å². The Hall–Kier alpha value is -3.24. The van der Waals surface area contributed by atoms with E-state index >= 15 is 0 Å². The van der Waals surface area contributed by atoms with Crippen molar-refractivity contribution < 1.29 is 24.2 Å². The molecule has 3 aromatic rings. The summed E-state index contributed by atoms with van der Waals surface area (Å²) in [6, 6.07) is 9.33. The number of hydrogen-bond acceptors (Lipinski definition) is 7. The quantitative estimate of drug-likeness (QED) is 0.448. The fraction of sp³-hybridized carbons (Fsp3) is 0.462. The maximum atomic E-state index is 13.8. The number of carboxylic acids is 1. The highest BCUT2D eigenvalue weighted by Gasteiger charge is 2.36. The maximum absolute atomic E-state index is 13.8. The van der Waals surface area contributed by atoms with Gasteiger partial charge in [0, 0.05) is 0 Å². The van der Waals surface area contributed by atoms with Gasteiger partial charge in [-0.2, -0.15) is 0 Å². The minimum Gasteiger partial charge on any atom is -0.480 e. The molecule has 194 valence electrons. The predicted octanol–water partition coefficient (Wildman–Crippen LogP) is 4.09. The molecule has 0 radical (unpaired) electrons. The first kappa shape index (κ1) is 27.3. The van der Waals surface area contributed by atoms with Crippen LogP contribution in [0.4, 0.5) is 0 Å². The number of esters is 1. The molecule has 1 N–H and O–H groups in total. The highest BCUT2D eigenvalue weighted by atomic mass is 32.1. The summed E-state index contributed by atoms with van der Waals surface area (Å²) < 4.78 is 13.5. The number of rotatable bonds is 8. The molecule has 0 saturated heterocycles. The molecule has 2 aromatic heterocycles. The van der Waals surface area contributed by atoms with Gasteiger partial charge >= 0.3 is 17.6 Å². The Morgan fingerprint density at radius 2 is 1.69 bits per heavy atom. The molecule has 0 saturated carbocycles. The number of benzene rings is 1. The van der Waals surface area contributed by atoms with E-state index < -0.39 is 40.4 Å². The van der Waals surface area contributed by atoms with Gasteiger partial charge in [-0.05, 0) is 59.6 Å². The molecule has 1 atom stereocenters. The monoisotopic (exact) mass is 516 g/mol. The molecule has 1 aromatic carbocycles. The van der Waals surface area contributed by atoms with Crippen LogP contribution >= 0.6 is 11.3 Å². The minimum atomic E-state index is -1.84. The molecular weight excluding hydrogens is 484 g/mol. The van der Waals surface area contributed by atoms with Crippen LogP contribution in [0.15, 0.2) is 39.9 Å². The zero-order valence-corrected chi connectivity index (χ0v) is 22.4. The first-order valence-corrected chi connectivity index (χ1v) is 12.4. The Balaban J connectivity index is 2.39. The fourth-order valence-corrected chi connectivity index (χ4v) is 5.15. The molecule has 2 heterocycles. The summed E-state index contributed by atoms with van der Waals surface area (Å²) in [5.74, 6) is -1.94. The molecule has 0 aliphatic carbocycles. The zero-order valence-electron chi connectivity index (χ0n) is 21.6. The summed E-state index contributed by atoms with van der Waals surface area (Å²) in [5, 5.41) is 9.96. The molecule has 1 unspecified atom stereocenters. The summed E-state index contributed by atoms with van der Waals surface area (Å²) in [4.78, 5) is 52.5. The number of aromatic nitrogens is 2. The lowest BCUT2D eigenvalue weighted by molar-refractivity contribution is -0.146. The van der Waals surface area contributed by atoms with Gasteiger partial charge in [0.1, 0.15) is 21.4 Å². The van der Waals surface area contributed by atoms with E-state index in [9.17, 15) is 24.3 Å². The summed E-state index contributed by atoms with van der Waals surface area (Å²) in [7, 11) is 0. The van der Waals surface area contributed by atoms with Crippen LogP contribution in [-0.4, -0.2) is 38.4 Å². The Kier molecular flexibility index (Phi) is 7.61. The summed E-state index contributed by atoms with van der Waals surface area (Å²) in [5.41, 5.74) is -2.82. The second kappa shape index (κ2) is 10.0. The molecule has 3 rings (SSSR count). The molecule has 0 amide bonds. The molecule has 0 fully saturated rings. The number of ether oxygens (including phenoxy) is 2. The largest absolute Gasteiger partial charge is 0.480 e.